The van der Waals surface area contributed by atoms with Gasteiger partial charge in [0.25, 0.3) is 0 Å². The van der Waals surface area contributed by atoms with Crippen LogP contribution in [0.1, 0.15) is 9.68 Å². The molecule has 0 saturated heterocycles. The summed E-state index contributed by atoms with van der Waals surface area (Å²) in [6.07, 6.45) is 3.43. The van der Waals surface area contributed by atoms with Gasteiger partial charge in [0, 0.05) is 41.9 Å². The molecule has 0 aliphatic carbocycles. The van der Waals surface area contributed by atoms with E-state index in [2.05, 4.69) is 51.5 Å². The van der Waals surface area contributed by atoms with Crippen LogP contribution in [-0.2, 0) is 20.1 Å². The van der Waals surface area contributed by atoms with Crippen LogP contribution in [0, 0.1) is 24.8 Å². The van der Waals surface area contributed by atoms with Crippen molar-refractivity contribution in [3.63, 3.8) is 0 Å². The van der Waals surface area contributed by atoms with Crippen LogP contribution in [0.2, 0.25) is 17.3 Å². The van der Waals surface area contributed by atoms with Gasteiger partial charge in [-0.15, -0.1) is 18.2 Å². The minimum Gasteiger partial charge on any atom is 0 e. The van der Waals surface area contributed by atoms with Crippen molar-refractivity contribution < 1.29 is 33.0 Å². The molecule has 0 aliphatic heterocycles. The number of hydrogen-bond acceptors (Lipinski definition) is 3. The summed E-state index contributed by atoms with van der Waals surface area (Å²) in [7, 11) is 0. The molecular formula is C38H31FGeIrN2O-2. The molecule has 221 valence electrons. The molecule has 7 rings (SSSR count). The van der Waals surface area contributed by atoms with Crippen molar-refractivity contribution in [1.29, 1.82) is 0 Å². The van der Waals surface area contributed by atoms with Gasteiger partial charge in [-0.05, 0) is 41.4 Å². The first-order chi connectivity index (χ1) is 22.0. The molecule has 0 amide bonds. The summed E-state index contributed by atoms with van der Waals surface area (Å²) < 4.78 is 44.7. The van der Waals surface area contributed by atoms with Crippen molar-refractivity contribution in [2.45, 2.75) is 24.1 Å². The van der Waals surface area contributed by atoms with Gasteiger partial charge in [0.2, 0.25) is 0 Å². The number of furan rings is 1. The first kappa shape index (κ1) is 27.6. The molecule has 4 aromatic carbocycles. The minimum absolute atomic E-state index is 0. The van der Waals surface area contributed by atoms with Gasteiger partial charge in [-0.3, -0.25) is 0 Å². The fraction of sp³-hybridized carbons (Fsp3) is 0.105. The van der Waals surface area contributed by atoms with Crippen LogP contribution >= 0.6 is 0 Å². The summed E-state index contributed by atoms with van der Waals surface area (Å²) in [5, 5.41) is 1.62. The van der Waals surface area contributed by atoms with Gasteiger partial charge < -0.3 is 9.40 Å². The fourth-order valence-electron chi connectivity index (χ4n) is 4.90. The maximum atomic E-state index is 13.7. The van der Waals surface area contributed by atoms with E-state index >= 15 is 0 Å². The number of halogens is 1. The predicted octanol–water partition coefficient (Wildman–Crippen LogP) is 9.65. The maximum absolute atomic E-state index is 13.7. The number of aromatic nitrogens is 2. The minimum atomic E-state index is -2.30. The third kappa shape index (κ3) is 6.76. The van der Waals surface area contributed by atoms with Gasteiger partial charge in [-0.1, -0.05) is 47.3 Å². The van der Waals surface area contributed by atoms with E-state index in [1.807, 2.05) is 66.9 Å². The molecule has 0 aliphatic rings. The average molecular weight is 819 g/mol. The Morgan fingerprint density at radius 1 is 0.773 bits per heavy atom. The molecule has 7 aromatic rings. The van der Waals surface area contributed by atoms with Crippen molar-refractivity contribution in [1.82, 2.24) is 9.97 Å². The van der Waals surface area contributed by atoms with Crippen LogP contribution in [-0.4, -0.2) is 23.2 Å². The predicted molar refractivity (Wildman–Crippen MR) is 177 cm³/mol. The maximum Gasteiger partial charge on any atom is 0 e. The Balaban J connectivity index is 0.000000217. The Morgan fingerprint density at radius 2 is 1.57 bits per heavy atom. The Hall–Kier alpha value is -3.90. The molecule has 0 spiro atoms. The molecule has 0 atom stereocenters. The molecule has 1 radical (unpaired) electrons. The standard InChI is InChI=1S/C24H15FNO.C14H16GeN.Ir/c1-15-14-26-22(13-21(15)16-6-3-2-4-7-16)20-9-5-8-19-18-11-10-17(25)12-23(18)27-24(19)20;1-15(2,3)13-9-10-14(16-11-13)12-7-5-4-6-8-12;/h2-8,10-14H,1H3;4-7,9-11H,1-3H3;/q2*-1;/i1D3;;. The van der Waals surface area contributed by atoms with E-state index in [1.165, 1.54) is 22.7 Å². The number of hydrogen-bond donors (Lipinski definition) is 0. The molecular weight excluding hydrogens is 784 g/mol. The number of fused-ring (bicyclic) bond motifs is 3. The van der Waals surface area contributed by atoms with Crippen molar-refractivity contribution in [2.75, 3.05) is 0 Å². The van der Waals surface area contributed by atoms with Gasteiger partial charge >= 0.3 is 99.8 Å². The Bertz CT molecular complexity index is 2130. The van der Waals surface area contributed by atoms with Crippen molar-refractivity contribution in [3.05, 3.63) is 139 Å². The number of aryl methyl sites for hydroxylation is 1. The molecule has 0 saturated carbocycles. The number of nitrogens with zero attached hydrogens (tertiary/aromatic N) is 2. The van der Waals surface area contributed by atoms with Crippen molar-refractivity contribution >= 4 is 39.6 Å². The Labute approximate surface area is 278 Å². The van der Waals surface area contributed by atoms with E-state index in [0.29, 0.717) is 28.0 Å². The number of benzene rings is 4. The van der Waals surface area contributed by atoms with E-state index in [9.17, 15) is 4.39 Å². The third-order valence-corrected chi connectivity index (χ3v) is 11.5. The van der Waals surface area contributed by atoms with Crippen LogP contribution in [0.25, 0.3) is 55.6 Å². The average Bonchev–Trinajstić information content (AvgIpc) is 3.42. The third-order valence-electron chi connectivity index (χ3n) is 7.25. The summed E-state index contributed by atoms with van der Waals surface area (Å²) in [6, 6.07) is 37.7. The van der Waals surface area contributed by atoms with Crippen LogP contribution in [0.5, 0.6) is 0 Å². The largest absolute Gasteiger partial charge is 0 e. The number of rotatable bonds is 4. The Morgan fingerprint density at radius 3 is 2.27 bits per heavy atom. The van der Waals surface area contributed by atoms with E-state index in [4.69, 9.17) is 8.53 Å². The van der Waals surface area contributed by atoms with Crippen LogP contribution in [0.4, 0.5) is 4.39 Å². The number of pyridine rings is 2. The van der Waals surface area contributed by atoms with Gasteiger partial charge in [0.15, 0.2) is 0 Å². The zero-order valence-corrected chi connectivity index (χ0v) is 29.0. The van der Waals surface area contributed by atoms with Gasteiger partial charge in [0.05, 0.1) is 5.58 Å². The molecule has 0 N–H and O–H groups in total. The molecule has 6 heteroatoms. The molecule has 3 aromatic heterocycles. The summed E-state index contributed by atoms with van der Waals surface area (Å²) in [5.74, 6) is 6.76. The van der Waals surface area contributed by atoms with Gasteiger partial charge in [0.1, 0.15) is 11.4 Å². The molecule has 0 fully saturated rings. The molecule has 3 nitrogen and oxygen atoms in total. The van der Waals surface area contributed by atoms with E-state index < -0.39 is 20.1 Å². The monoisotopic (exact) mass is 820 g/mol. The van der Waals surface area contributed by atoms with Gasteiger partial charge in [-0.2, -0.15) is 0 Å². The summed E-state index contributed by atoms with van der Waals surface area (Å²) in [6.45, 7) is -2.30. The van der Waals surface area contributed by atoms with Crippen molar-refractivity contribution in [2.24, 2.45) is 0 Å². The topological polar surface area (TPSA) is 38.9 Å². The smallest absolute Gasteiger partial charge is 0 e. The summed E-state index contributed by atoms with van der Waals surface area (Å²) in [4.78, 5) is 8.95. The quantitative estimate of drug-likeness (QED) is 0.131. The zero-order chi connectivity index (χ0) is 32.5. The van der Waals surface area contributed by atoms with E-state index in [1.54, 1.807) is 18.2 Å². The van der Waals surface area contributed by atoms with E-state index in [-0.39, 0.29) is 31.5 Å². The summed E-state index contributed by atoms with van der Waals surface area (Å²) >= 11 is -1.72. The molecule has 0 bridgehead atoms. The second kappa shape index (κ2) is 13.4. The Kier molecular flexibility index (Phi) is 8.41. The second-order valence-electron chi connectivity index (χ2n) is 11.3. The molecule has 44 heavy (non-hydrogen) atoms. The summed E-state index contributed by atoms with van der Waals surface area (Å²) in [5.41, 5.74) is 5.71. The first-order valence-electron chi connectivity index (χ1n) is 15.5. The molecule has 0 unspecified atom stereocenters. The van der Waals surface area contributed by atoms with Crippen LogP contribution in [0.3, 0.4) is 0 Å². The van der Waals surface area contributed by atoms with E-state index in [0.717, 1.165) is 27.6 Å². The van der Waals surface area contributed by atoms with Gasteiger partial charge in [-0.25, -0.2) is 4.39 Å². The second-order valence-corrected chi connectivity index (χ2v) is 21.9. The zero-order valence-electron chi connectivity index (χ0n) is 27.5. The SMILES string of the molecule is [2H]C([2H])([2H])c1cnc(-c2[c-]ccc3c2oc2cc(F)ccc23)cc1-c1ccccc1.[CH3][Ge]([CH3])([CH3])[c]1ccc(-c2[c-]cccc2)nc1.[Ir]. The normalized spacial score (nSPS) is 12.4. The first-order valence-corrected chi connectivity index (χ1v) is 21.4. The molecule has 3 heterocycles. The fourth-order valence-corrected chi connectivity index (χ4v) is 7.08. The van der Waals surface area contributed by atoms with Crippen LogP contribution in [0.15, 0.2) is 120 Å². The van der Waals surface area contributed by atoms with Crippen LogP contribution < -0.4 is 4.40 Å². The van der Waals surface area contributed by atoms with Crippen molar-refractivity contribution in [3.8, 4) is 33.6 Å².